The van der Waals surface area contributed by atoms with Gasteiger partial charge in [0.1, 0.15) is 0 Å². The van der Waals surface area contributed by atoms with Crippen LogP contribution in [0.25, 0.3) is 0 Å². The van der Waals surface area contributed by atoms with Gasteiger partial charge in [-0.1, -0.05) is 61.7 Å². The van der Waals surface area contributed by atoms with Crippen LogP contribution < -0.4 is 4.90 Å². The first kappa shape index (κ1) is 14.9. The first-order valence-corrected chi connectivity index (χ1v) is 8.19. The maximum absolute atomic E-state index is 5.91. The van der Waals surface area contributed by atoms with Crippen molar-refractivity contribution in [2.45, 2.75) is 11.9 Å². The van der Waals surface area contributed by atoms with E-state index in [1.807, 2.05) is 12.1 Å². The number of benzene rings is 2. The van der Waals surface area contributed by atoms with Gasteiger partial charge >= 0.3 is 0 Å². The molecule has 0 radical (unpaired) electrons. The van der Waals surface area contributed by atoms with E-state index >= 15 is 0 Å². The van der Waals surface area contributed by atoms with Crippen molar-refractivity contribution >= 4 is 49.1 Å². The molecule has 0 atom stereocenters. The van der Waals surface area contributed by atoms with Crippen LogP contribution in [0.3, 0.4) is 0 Å². The van der Waals surface area contributed by atoms with Crippen LogP contribution in [0.2, 0.25) is 5.02 Å². The third-order valence-electron chi connectivity index (χ3n) is 2.94. The molecule has 100 valence electrons. The smallest absolute Gasteiger partial charge is 0.0426 e. The molecule has 0 N–H and O–H groups in total. The van der Waals surface area contributed by atoms with Gasteiger partial charge in [0.25, 0.3) is 0 Å². The Morgan fingerprint density at radius 3 is 2.42 bits per heavy atom. The van der Waals surface area contributed by atoms with E-state index in [1.165, 1.54) is 16.8 Å². The van der Waals surface area contributed by atoms with Gasteiger partial charge < -0.3 is 4.90 Å². The van der Waals surface area contributed by atoms with E-state index in [-0.39, 0.29) is 0 Å². The highest BCUT2D eigenvalue weighted by Crippen LogP contribution is 2.27. The van der Waals surface area contributed by atoms with E-state index in [0.29, 0.717) is 0 Å². The lowest BCUT2D eigenvalue weighted by molar-refractivity contribution is 0.916. The summed E-state index contributed by atoms with van der Waals surface area (Å²) < 4.78 is 1.09. The molecule has 0 bridgehead atoms. The zero-order chi connectivity index (χ0) is 13.8. The molecule has 0 unspecified atom stereocenters. The van der Waals surface area contributed by atoms with Crippen molar-refractivity contribution in [1.82, 2.24) is 0 Å². The number of hydrogen-bond donors (Lipinski definition) is 0. The molecule has 2 aromatic rings. The lowest BCUT2D eigenvalue weighted by Gasteiger charge is -2.22. The predicted octanol–water partition coefficient (Wildman–Crippen LogP) is 5.63. The molecule has 4 heteroatoms. The first-order valence-electron chi connectivity index (χ1n) is 5.90. The third kappa shape index (κ3) is 3.98. The summed E-state index contributed by atoms with van der Waals surface area (Å²) in [7, 11) is 2.10. The summed E-state index contributed by atoms with van der Waals surface area (Å²) >= 11 is 13.0. The Kier molecular flexibility index (Phi) is 5.31. The van der Waals surface area contributed by atoms with Gasteiger partial charge in [-0.25, -0.2) is 0 Å². The number of alkyl halides is 1. The van der Waals surface area contributed by atoms with Crippen molar-refractivity contribution in [2.75, 3.05) is 11.9 Å². The second-order valence-corrected chi connectivity index (χ2v) is 6.30. The minimum atomic E-state index is 0.773. The molecular weight excluding hydrogens is 389 g/mol. The van der Waals surface area contributed by atoms with E-state index in [1.54, 1.807) is 0 Å². The number of halogens is 3. The molecule has 0 heterocycles. The average Bonchev–Trinajstić information content (AvgIpc) is 2.41. The summed E-state index contributed by atoms with van der Waals surface area (Å²) in [5.74, 6) is 0. The Labute approximate surface area is 135 Å². The Balaban J connectivity index is 2.21. The fraction of sp³-hybridized carbons (Fsp3) is 0.200. The van der Waals surface area contributed by atoms with Crippen LogP contribution in [0.1, 0.15) is 11.1 Å². The quantitative estimate of drug-likeness (QED) is 0.598. The normalized spacial score (nSPS) is 10.5. The van der Waals surface area contributed by atoms with Crippen LogP contribution in [-0.2, 0) is 11.9 Å². The van der Waals surface area contributed by atoms with Crippen LogP contribution >= 0.6 is 43.5 Å². The van der Waals surface area contributed by atoms with Crippen LogP contribution in [-0.4, -0.2) is 7.05 Å². The first-order chi connectivity index (χ1) is 9.10. The largest absolute Gasteiger partial charge is 0.370 e. The number of rotatable bonds is 4. The maximum Gasteiger partial charge on any atom is 0.0426 e. The van der Waals surface area contributed by atoms with Crippen molar-refractivity contribution in [1.29, 1.82) is 0 Å². The highest BCUT2D eigenvalue weighted by atomic mass is 79.9. The SMILES string of the molecule is CN(Cc1ccc(Cl)cc1)c1cc(Br)ccc1CBr. The Hall–Kier alpha value is -0.510. The zero-order valence-electron chi connectivity index (χ0n) is 10.5. The number of anilines is 1. The molecule has 0 aliphatic carbocycles. The van der Waals surface area contributed by atoms with Crippen LogP contribution in [0.4, 0.5) is 5.69 Å². The lowest BCUT2D eigenvalue weighted by atomic mass is 10.1. The molecule has 0 aliphatic heterocycles. The van der Waals surface area contributed by atoms with E-state index in [4.69, 9.17) is 11.6 Å². The van der Waals surface area contributed by atoms with Gasteiger partial charge in [0.15, 0.2) is 0 Å². The van der Waals surface area contributed by atoms with E-state index in [0.717, 1.165) is 21.4 Å². The molecule has 0 saturated carbocycles. The summed E-state index contributed by atoms with van der Waals surface area (Å²) in [5.41, 5.74) is 3.74. The summed E-state index contributed by atoms with van der Waals surface area (Å²) in [6, 6.07) is 14.3. The van der Waals surface area contributed by atoms with Gasteiger partial charge in [-0.2, -0.15) is 0 Å². The van der Waals surface area contributed by atoms with Crippen molar-refractivity contribution in [3.8, 4) is 0 Å². The molecular formula is C15H14Br2ClN. The van der Waals surface area contributed by atoms with Crippen molar-refractivity contribution in [2.24, 2.45) is 0 Å². The van der Waals surface area contributed by atoms with Crippen LogP contribution in [0, 0.1) is 0 Å². The zero-order valence-corrected chi connectivity index (χ0v) is 14.5. The fourth-order valence-electron chi connectivity index (χ4n) is 1.95. The maximum atomic E-state index is 5.91. The molecule has 2 rings (SSSR count). The molecule has 19 heavy (non-hydrogen) atoms. The highest BCUT2D eigenvalue weighted by molar-refractivity contribution is 9.10. The van der Waals surface area contributed by atoms with E-state index < -0.39 is 0 Å². The standard InChI is InChI=1S/C15H14Br2ClN/c1-19(10-11-2-6-14(18)7-3-11)15-8-13(17)5-4-12(15)9-16/h2-8H,9-10H2,1H3. The van der Waals surface area contributed by atoms with Gasteiger partial charge in [0.2, 0.25) is 0 Å². The van der Waals surface area contributed by atoms with Crippen LogP contribution in [0.5, 0.6) is 0 Å². The molecule has 0 aliphatic rings. The monoisotopic (exact) mass is 401 g/mol. The summed E-state index contributed by atoms with van der Waals surface area (Å²) in [5, 5.41) is 1.62. The Morgan fingerprint density at radius 1 is 1.11 bits per heavy atom. The number of hydrogen-bond acceptors (Lipinski definition) is 1. The summed E-state index contributed by atoms with van der Waals surface area (Å²) in [6.07, 6.45) is 0. The Morgan fingerprint density at radius 2 is 1.79 bits per heavy atom. The molecule has 0 saturated heterocycles. The molecule has 0 amide bonds. The summed E-state index contributed by atoms with van der Waals surface area (Å²) in [6.45, 7) is 0.855. The van der Waals surface area contributed by atoms with Gasteiger partial charge in [-0.3, -0.25) is 0 Å². The fourth-order valence-corrected chi connectivity index (χ4v) is 2.90. The second kappa shape index (κ2) is 6.78. The second-order valence-electron chi connectivity index (χ2n) is 4.39. The van der Waals surface area contributed by atoms with Crippen molar-refractivity contribution in [3.63, 3.8) is 0 Å². The molecule has 1 nitrogen and oxygen atoms in total. The third-order valence-corrected chi connectivity index (χ3v) is 4.28. The topological polar surface area (TPSA) is 3.24 Å². The molecule has 2 aromatic carbocycles. The van der Waals surface area contributed by atoms with E-state index in [2.05, 4.69) is 74.1 Å². The molecule has 0 spiro atoms. The van der Waals surface area contributed by atoms with Gasteiger partial charge in [-0.15, -0.1) is 0 Å². The summed E-state index contributed by atoms with van der Waals surface area (Å²) in [4.78, 5) is 2.24. The van der Waals surface area contributed by atoms with Gasteiger partial charge in [0.05, 0.1) is 0 Å². The minimum Gasteiger partial charge on any atom is -0.370 e. The van der Waals surface area contributed by atoms with Crippen LogP contribution in [0.15, 0.2) is 46.9 Å². The van der Waals surface area contributed by atoms with Gasteiger partial charge in [-0.05, 0) is 35.4 Å². The predicted molar refractivity (Wildman–Crippen MR) is 90.3 cm³/mol. The molecule has 0 aromatic heterocycles. The Bertz CT molecular complexity index is 555. The van der Waals surface area contributed by atoms with Crippen molar-refractivity contribution < 1.29 is 0 Å². The highest BCUT2D eigenvalue weighted by Gasteiger charge is 2.08. The molecule has 0 fully saturated rings. The minimum absolute atomic E-state index is 0.773. The van der Waals surface area contributed by atoms with Crippen molar-refractivity contribution in [3.05, 3.63) is 63.1 Å². The lowest BCUT2D eigenvalue weighted by Crippen LogP contribution is -2.17. The average molecular weight is 404 g/mol. The van der Waals surface area contributed by atoms with Gasteiger partial charge in [0, 0.05) is 34.1 Å². The van der Waals surface area contributed by atoms with E-state index in [9.17, 15) is 0 Å². The number of nitrogens with zero attached hydrogens (tertiary/aromatic N) is 1.